The van der Waals surface area contributed by atoms with Gasteiger partial charge in [-0.3, -0.25) is 0 Å². The predicted molar refractivity (Wildman–Crippen MR) is 113 cm³/mol. The maximum absolute atomic E-state index is 9.82. The van der Waals surface area contributed by atoms with Crippen molar-refractivity contribution in [2.75, 3.05) is 19.8 Å². The molecule has 0 bridgehead atoms. The molecule has 3 N–H and O–H groups in total. The standard InChI is InChI=1S/C23H44O5/c1-2-3-4-5-6-7-8-9-10-11-12-13-14-15-16-17-27-21(18-24)23-22(26)20(25)19-28-23/h8-9,20-26H,2-7,10-19H2,1H3/b9-8+/t20-,21+,22+,23+/m0/s1. The summed E-state index contributed by atoms with van der Waals surface area (Å²) in [6, 6.07) is 0. The highest BCUT2D eigenvalue weighted by Gasteiger charge is 2.40. The fourth-order valence-corrected chi connectivity index (χ4v) is 3.61. The van der Waals surface area contributed by atoms with Crippen molar-refractivity contribution in [2.45, 2.75) is 115 Å². The van der Waals surface area contributed by atoms with Crippen molar-refractivity contribution in [3.05, 3.63) is 12.2 Å². The Balaban J connectivity index is 1.87. The summed E-state index contributed by atoms with van der Waals surface area (Å²) in [4.78, 5) is 0. The number of unbranched alkanes of at least 4 members (excludes halogenated alkanes) is 11. The van der Waals surface area contributed by atoms with Crippen LogP contribution in [0.3, 0.4) is 0 Å². The van der Waals surface area contributed by atoms with Gasteiger partial charge in [0, 0.05) is 6.61 Å². The van der Waals surface area contributed by atoms with Crippen LogP contribution in [0.2, 0.25) is 0 Å². The van der Waals surface area contributed by atoms with Crippen LogP contribution in [0.4, 0.5) is 0 Å². The SMILES string of the molecule is CCCCCCC/C=C/CCCCCCCCO[C@H](CO)[C@H]1OC[C@H](O)[C@H]1O. The molecule has 1 aliphatic heterocycles. The summed E-state index contributed by atoms with van der Waals surface area (Å²) in [5.74, 6) is 0. The summed E-state index contributed by atoms with van der Waals surface area (Å²) in [7, 11) is 0. The van der Waals surface area contributed by atoms with Crippen LogP contribution in [0.5, 0.6) is 0 Å². The Kier molecular flexibility index (Phi) is 15.9. The van der Waals surface area contributed by atoms with Crippen LogP contribution < -0.4 is 0 Å². The second-order valence-electron chi connectivity index (χ2n) is 8.03. The second kappa shape index (κ2) is 17.4. The molecular weight excluding hydrogens is 356 g/mol. The summed E-state index contributed by atoms with van der Waals surface area (Å²) >= 11 is 0. The zero-order valence-corrected chi connectivity index (χ0v) is 17.9. The first-order valence-electron chi connectivity index (χ1n) is 11.6. The number of allylic oxidation sites excluding steroid dienone is 2. The Labute approximate surface area is 172 Å². The molecule has 0 radical (unpaired) electrons. The molecule has 0 unspecified atom stereocenters. The third kappa shape index (κ3) is 11.5. The van der Waals surface area contributed by atoms with Crippen LogP contribution in [0, 0.1) is 0 Å². The molecule has 0 amide bonds. The molecule has 1 heterocycles. The van der Waals surface area contributed by atoms with E-state index < -0.39 is 24.4 Å². The molecule has 1 rings (SSSR count). The number of hydrogen-bond acceptors (Lipinski definition) is 5. The van der Waals surface area contributed by atoms with Gasteiger partial charge < -0.3 is 24.8 Å². The Morgan fingerprint density at radius 2 is 1.46 bits per heavy atom. The fourth-order valence-electron chi connectivity index (χ4n) is 3.61. The molecular formula is C23H44O5. The van der Waals surface area contributed by atoms with E-state index >= 15 is 0 Å². The van der Waals surface area contributed by atoms with Crippen molar-refractivity contribution in [3.8, 4) is 0 Å². The summed E-state index contributed by atoms with van der Waals surface area (Å²) in [6.07, 6.45) is 17.9. The molecule has 0 saturated carbocycles. The summed E-state index contributed by atoms with van der Waals surface area (Å²) < 4.78 is 11.0. The van der Waals surface area contributed by atoms with E-state index in [1.807, 2.05) is 0 Å². The smallest absolute Gasteiger partial charge is 0.114 e. The monoisotopic (exact) mass is 400 g/mol. The van der Waals surface area contributed by atoms with Crippen molar-refractivity contribution in [3.63, 3.8) is 0 Å². The maximum Gasteiger partial charge on any atom is 0.114 e. The van der Waals surface area contributed by atoms with Gasteiger partial charge in [-0.05, 0) is 32.1 Å². The molecule has 0 aromatic rings. The molecule has 0 aromatic carbocycles. The van der Waals surface area contributed by atoms with Gasteiger partial charge in [0.15, 0.2) is 0 Å². The summed E-state index contributed by atoms with van der Waals surface area (Å²) in [6.45, 7) is 2.70. The number of ether oxygens (including phenoxy) is 2. The van der Waals surface area contributed by atoms with Gasteiger partial charge in [0.25, 0.3) is 0 Å². The van der Waals surface area contributed by atoms with E-state index in [0.29, 0.717) is 6.61 Å². The highest BCUT2D eigenvalue weighted by atomic mass is 16.6. The van der Waals surface area contributed by atoms with Crippen molar-refractivity contribution < 1.29 is 24.8 Å². The Bertz CT molecular complexity index is 374. The topological polar surface area (TPSA) is 79.2 Å². The minimum Gasteiger partial charge on any atom is -0.394 e. The van der Waals surface area contributed by atoms with E-state index in [4.69, 9.17) is 9.47 Å². The molecule has 1 fully saturated rings. The number of rotatable bonds is 18. The number of aliphatic hydroxyl groups is 3. The van der Waals surface area contributed by atoms with Gasteiger partial charge in [0.2, 0.25) is 0 Å². The molecule has 1 aliphatic rings. The Hall–Kier alpha value is -0.460. The zero-order chi connectivity index (χ0) is 20.5. The van der Waals surface area contributed by atoms with Gasteiger partial charge in [0.1, 0.15) is 24.4 Å². The summed E-state index contributed by atoms with van der Waals surface area (Å²) in [5, 5.41) is 28.7. The molecule has 4 atom stereocenters. The molecule has 28 heavy (non-hydrogen) atoms. The lowest BCUT2D eigenvalue weighted by atomic mass is 10.1. The van der Waals surface area contributed by atoms with Gasteiger partial charge in [-0.15, -0.1) is 0 Å². The average Bonchev–Trinajstić information content (AvgIpc) is 3.03. The first-order chi connectivity index (χ1) is 13.7. The van der Waals surface area contributed by atoms with Gasteiger partial charge in [-0.25, -0.2) is 0 Å². The first-order valence-corrected chi connectivity index (χ1v) is 11.6. The van der Waals surface area contributed by atoms with Gasteiger partial charge in [-0.2, -0.15) is 0 Å². The van der Waals surface area contributed by atoms with Gasteiger partial charge in [0.05, 0.1) is 13.2 Å². The highest BCUT2D eigenvalue weighted by Crippen LogP contribution is 2.20. The van der Waals surface area contributed by atoms with E-state index in [0.717, 1.165) is 12.8 Å². The molecule has 0 spiro atoms. The van der Waals surface area contributed by atoms with Crippen molar-refractivity contribution >= 4 is 0 Å². The molecule has 5 nitrogen and oxygen atoms in total. The summed E-state index contributed by atoms with van der Waals surface area (Å²) in [5.41, 5.74) is 0. The molecule has 166 valence electrons. The lowest BCUT2D eigenvalue weighted by Crippen LogP contribution is -2.42. The van der Waals surface area contributed by atoms with Crippen LogP contribution in [0.1, 0.15) is 90.4 Å². The number of aliphatic hydroxyl groups excluding tert-OH is 3. The van der Waals surface area contributed by atoms with E-state index in [2.05, 4.69) is 19.1 Å². The van der Waals surface area contributed by atoms with E-state index in [1.165, 1.54) is 70.6 Å². The van der Waals surface area contributed by atoms with Crippen molar-refractivity contribution in [1.82, 2.24) is 0 Å². The van der Waals surface area contributed by atoms with Crippen LogP contribution in [0.25, 0.3) is 0 Å². The zero-order valence-electron chi connectivity index (χ0n) is 17.9. The van der Waals surface area contributed by atoms with E-state index in [1.54, 1.807) is 0 Å². The highest BCUT2D eigenvalue weighted by molar-refractivity contribution is 4.88. The van der Waals surface area contributed by atoms with Crippen LogP contribution >= 0.6 is 0 Å². The maximum atomic E-state index is 9.82. The fraction of sp³-hybridized carbons (Fsp3) is 0.913. The predicted octanol–water partition coefficient (Wildman–Crippen LogP) is 4.13. The Morgan fingerprint density at radius 3 is 2.00 bits per heavy atom. The van der Waals surface area contributed by atoms with Crippen molar-refractivity contribution in [2.24, 2.45) is 0 Å². The van der Waals surface area contributed by atoms with Gasteiger partial charge in [-0.1, -0.05) is 70.4 Å². The minimum atomic E-state index is -0.979. The lowest BCUT2D eigenvalue weighted by Gasteiger charge is -2.24. The van der Waals surface area contributed by atoms with Crippen molar-refractivity contribution in [1.29, 1.82) is 0 Å². The largest absolute Gasteiger partial charge is 0.394 e. The minimum absolute atomic E-state index is 0.0971. The molecule has 5 heteroatoms. The molecule has 0 aliphatic carbocycles. The third-order valence-electron chi connectivity index (χ3n) is 5.47. The first kappa shape index (κ1) is 25.6. The Morgan fingerprint density at radius 1 is 0.893 bits per heavy atom. The van der Waals surface area contributed by atoms with E-state index in [9.17, 15) is 15.3 Å². The van der Waals surface area contributed by atoms with Crippen LogP contribution in [-0.4, -0.2) is 59.6 Å². The molecule has 1 saturated heterocycles. The lowest BCUT2D eigenvalue weighted by molar-refractivity contribution is -0.101. The molecule has 0 aromatic heterocycles. The second-order valence-corrected chi connectivity index (χ2v) is 8.03. The quantitative estimate of drug-likeness (QED) is 0.238. The third-order valence-corrected chi connectivity index (χ3v) is 5.47. The number of hydrogen-bond donors (Lipinski definition) is 3. The van der Waals surface area contributed by atoms with E-state index in [-0.39, 0.29) is 13.2 Å². The van der Waals surface area contributed by atoms with Crippen LogP contribution in [-0.2, 0) is 9.47 Å². The normalized spacial score (nSPS) is 23.6. The average molecular weight is 401 g/mol. The van der Waals surface area contributed by atoms with Crippen LogP contribution in [0.15, 0.2) is 12.2 Å². The van der Waals surface area contributed by atoms with Gasteiger partial charge >= 0.3 is 0 Å².